The standard InChI is InChI=1S/C24H26FN3O/c1-18(22-8-4-6-19-5-2-3-7-23(19)22)26-24(29)17-27-13-15-28(16-14-27)21-11-9-20(25)10-12-21/h2-12,18H,13-17H2,1H3,(H,26,29)/p+1/t18-/m1/s1. The van der Waals surface area contributed by atoms with Crippen molar-refractivity contribution in [1.29, 1.82) is 0 Å². The third kappa shape index (κ3) is 4.57. The number of piperazine rings is 1. The minimum atomic E-state index is -0.213. The lowest BCUT2D eigenvalue weighted by Gasteiger charge is -2.33. The first kappa shape index (κ1) is 19.4. The van der Waals surface area contributed by atoms with E-state index < -0.39 is 0 Å². The van der Waals surface area contributed by atoms with Crippen molar-refractivity contribution >= 4 is 22.4 Å². The van der Waals surface area contributed by atoms with Gasteiger partial charge in [0, 0.05) is 5.69 Å². The molecule has 5 heteroatoms. The van der Waals surface area contributed by atoms with Crippen molar-refractivity contribution in [2.24, 2.45) is 0 Å². The maximum Gasteiger partial charge on any atom is 0.275 e. The molecule has 1 saturated heterocycles. The molecule has 1 heterocycles. The van der Waals surface area contributed by atoms with E-state index in [0.29, 0.717) is 6.54 Å². The number of rotatable bonds is 5. The number of carbonyl (C=O) groups excluding carboxylic acids is 1. The summed E-state index contributed by atoms with van der Waals surface area (Å²) in [5.74, 6) is -0.134. The quantitative estimate of drug-likeness (QED) is 0.700. The van der Waals surface area contributed by atoms with Gasteiger partial charge in [-0.05, 0) is 47.5 Å². The van der Waals surface area contributed by atoms with E-state index in [4.69, 9.17) is 0 Å². The Kier molecular flexibility index (Phi) is 5.76. The van der Waals surface area contributed by atoms with Gasteiger partial charge in [0.15, 0.2) is 6.54 Å². The average molecular weight is 392 g/mol. The van der Waals surface area contributed by atoms with Crippen LogP contribution in [0.15, 0.2) is 66.7 Å². The largest absolute Gasteiger partial charge is 0.360 e. The molecule has 4 rings (SSSR count). The number of hydrogen-bond acceptors (Lipinski definition) is 2. The van der Waals surface area contributed by atoms with Gasteiger partial charge in [-0.2, -0.15) is 0 Å². The molecule has 150 valence electrons. The van der Waals surface area contributed by atoms with E-state index in [9.17, 15) is 9.18 Å². The molecule has 3 aromatic rings. The summed E-state index contributed by atoms with van der Waals surface area (Å²) in [5.41, 5.74) is 2.19. The Morgan fingerprint density at radius 3 is 2.48 bits per heavy atom. The van der Waals surface area contributed by atoms with Gasteiger partial charge in [-0.3, -0.25) is 4.79 Å². The number of hydrogen-bond donors (Lipinski definition) is 2. The van der Waals surface area contributed by atoms with Crippen molar-refractivity contribution in [3.63, 3.8) is 0 Å². The van der Waals surface area contributed by atoms with Crippen LogP contribution in [0, 0.1) is 5.82 Å². The molecule has 2 N–H and O–H groups in total. The molecule has 0 spiro atoms. The second-order valence-electron chi connectivity index (χ2n) is 7.75. The van der Waals surface area contributed by atoms with Crippen molar-refractivity contribution in [1.82, 2.24) is 5.32 Å². The van der Waals surface area contributed by atoms with E-state index in [1.54, 1.807) is 0 Å². The lowest BCUT2D eigenvalue weighted by atomic mass is 10.00. The monoisotopic (exact) mass is 392 g/mol. The molecular formula is C24H27FN3O+. The number of quaternary nitrogens is 1. The third-order valence-electron chi connectivity index (χ3n) is 5.74. The molecule has 0 aliphatic carbocycles. The van der Waals surface area contributed by atoms with E-state index in [2.05, 4.69) is 34.5 Å². The third-order valence-corrected chi connectivity index (χ3v) is 5.74. The number of nitrogens with one attached hydrogen (secondary N) is 2. The Labute approximate surface area is 170 Å². The molecule has 0 radical (unpaired) electrons. The maximum atomic E-state index is 13.1. The fourth-order valence-electron chi connectivity index (χ4n) is 4.14. The summed E-state index contributed by atoms with van der Waals surface area (Å²) >= 11 is 0. The highest BCUT2D eigenvalue weighted by Gasteiger charge is 2.23. The van der Waals surface area contributed by atoms with Crippen molar-refractivity contribution in [3.05, 3.63) is 78.1 Å². The molecule has 0 saturated carbocycles. The fraction of sp³-hybridized carbons (Fsp3) is 0.292. The minimum Gasteiger partial charge on any atom is -0.360 e. The number of amides is 1. The first-order chi connectivity index (χ1) is 14.1. The number of benzene rings is 3. The smallest absolute Gasteiger partial charge is 0.275 e. The van der Waals surface area contributed by atoms with Gasteiger partial charge in [0.25, 0.3) is 5.91 Å². The van der Waals surface area contributed by atoms with E-state index in [-0.39, 0.29) is 17.8 Å². The van der Waals surface area contributed by atoms with E-state index >= 15 is 0 Å². The molecule has 1 aliphatic rings. The van der Waals surface area contributed by atoms with Gasteiger partial charge >= 0.3 is 0 Å². The van der Waals surface area contributed by atoms with E-state index in [1.807, 2.05) is 37.3 Å². The summed E-state index contributed by atoms with van der Waals surface area (Å²) in [5, 5.41) is 5.54. The molecule has 1 fully saturated rings. The van der Waals surface area contributed by atoms with Gasteiger partial charge in [0.2, 0.25) is 0 Å². The summed E-state index contributed by atoms with van der Waals surface area (Å²) in [6.07, 6.45) is 0. The summed E-state index contributed by atoms with van der Waals surface area (Å²) in [6.45, 7) is 6.05. The molecule has 0 bridgehead atoms. The number of fused-ring (bicyclic) bond motifs is 1. The Bertz CT molecular complexity index is 976. The molecule has 29 heavy (non-hydrogen) atoms. The van der Waals surface area contributed by atoms with Gasteiger partial charge in [-0.25, -0.2) is 4.39 Å². The lowest BCUT2D eigenvalue weighted by Crippen LogP contribution is -3.15. The van der Waals surface area contributed by atoms with Crippen LogP contribution in [-0.2, 0) is 4.79 Å². The molecule has 4 nitrogen and oxygen atoms in total. The van der Waals surface area contributed by atoms with Gasteiger partial charge in [-0.1, -0.05) is 42.5 Å². The fourth-order valence-corrected chi connectivity index (χ4v) is 4.14. The highest BCUT2D eigenvalue weighted by atomic mass is 19.1. The second-order valence-corrected chi connectivity index (χ2v) is 7.75. The SMILES string of the molecule is C[C@@H](NC(=O)C[NH+]1CCN(c2ccc(F)cc2)CC1)c1cccc2ccccc12. The van der Waals surface area contributed by atoms with Crippen LogP contribution in [0.4, 0.5) is 10.1 Å². The Hall–Kier alpha value is -2.92. The summed E-state index contributed by atoms with van der Waals surface area (Å²) in [6, 6.07) is 21.1. The Morgan fingerprint density at radius 1 is 1.03 bits per heavy atom. The van der Waals surface area contributed by atoms with Crippen molar-refractivity contribution in [3.8, 4) is 0 Å². The highest BCUT2D eigenvalue weighted by molar-refractivity contribution is 5.87. The normalized spacial score (nSPS) is 16.0. The molecular weight excluding hydrogens is 365 g/mol. The Balaban J connectivity index is 1.31. The van der Waals surface area contributed by atoms with E-state index in [0.717, 1.165) is 37.4 Å². The second kappa shape index (κ2) is 8.62. The van der Waals surface area contributed by atoms with Crippen LogP contribution in [0.1, 0.15) is 18.5 Å². The molecule has 1 atom stereocenters. The molecule has 3 aromatic carbocycles. The molecule has 0 aromatic heterocycles. The van der Waals surface area contributed by atoms with Crippen molar-refractivity contribution < 1.29 is 14.1 Å². The lowest BCUT2D eigenvalue weighted by molar-refractivity contribution is -0.892. The zero-order valence-electron chi connectivity index (χ0n) is 16.7. The molecule has 1 aliphatic heterocycles. The molecule has 1 amide bonds. The number of nitrogens with zero attached hydrogens (tertiary/aromatic N) is 1. The predicted octanol–water partition coefficient (Wildman–Crippen LogP) is 2.56. The van der Waals surface area contributed by atoms with Gasteiger partial charge in [-0.15, -0.1) is 0 Å². The van der Waals surface area contributed by atoms with E-state index in [1.165, 1.54) is 27.8 Å². The van der Waals surface area contributed by atoms with Crippen molar-refractivity contribution in [2.45, 2.75) is 13.0 Å². The first-order valence-electron chi connectivity index (χ1n) is 10.2. The average Bonchev–Trinajstić information content (AvgIpc) is 2.74. The van der Waals surface area contributed by atoms with Crippen LogP contribution < -0.4 is 15.1 Å². The maximum absolute atomic E-state index is 13.1. The number of carbonyl (C=O) groups is 1. The van der Waals surface area contributed by atoms with Crippen LogP contribution >= 0.6 is 0 Å². The summed E-state index contributed by atoms with van der Waals surface area (Å²) in [7, 11) is 0. The summed E-state index contributed by atoms with van der Waals surface area (Å²) in [4.78, 5) is 16.2. The van der Waals surface area contributed by atoms with Gasteiger partial charge in [0.1, 0.15) is 5.82 Å². The van der Waals surface area contributed by atoms with Gasteiger partial charge in [0.05, 0.1) is 32.2 Å². The highest BCUT2D eigenvalue weighted by Crippen LogP contribution is 2.23. The van der Waals surface area contributed by atoms with Crippen molar-refractivity contribution in [2.75, 3.05) is 37.6 Å². The Morgan fingerprint density at radius 2 is 1.72 bits per heavy atom. The number of anilines is 1. The van der Waals surface area contributed by atoms with Crippen LogP contribution in [0.2, 0.25) is 0 Å². The van der Waals surface area contributed by atoms with Crippen LogP contribution in [0.5, 0.6) is 0 Å². The zero-order chi connectivity index (χ0) is 20.2. The topological polar surface area (TPSA) is 36.8 Å². The predicted molar refractivity (Wildman–Crippen MR) is 115 cm³/mol. The minimum absolute atomic E-state index is 0.0338. The van der Waals surface area contributed by atoms with Gasteiger partial charge < -0.3 is 15.1 Å². The zero-order valence-corrected chi connectivity index (χ0v) is 16.7. The molecule has 0 unspecified atom stereocenters. The van der Waals surface area contributed by atoms with Crippen LogP contribution in [0.25, 0.3) is 10.8 Å². The number of halogens is 1. The van der Waals surface area contributed by atoms with Crippen LogP contribution in [-0.4, -0.2) is 38.6 Å². The van der Waals surface area contributed by atoms with Crippen LogP contribution in [0.3, 0.4) is 0 Å². The summed E-state index contributed by atoms with van der Waals surface area (Å²) < 4.78 is 13.1. The first-order valence-corrected chi connectivity index (χ1v) is 10.2.